The van der Waals surface area contributed by atoms with Crippen molar-refractivity contribution in [3.05, 3.63) is 65.7 Å². The Labute approximate surface area is 142 Å². The highest BCUT2D eigenvalue weighted by atomic mass is 16.5. The second kappa shape index (κ2) is 9.70. The van der Waals surface area contributed by atoms with E-state index in [2.05, 4.69) is 5.32 Å². The molecule has 128 valence electrons. The average molecular weight is 328 g/mol. The van der Waals surface area contributed by atoms with Gasteiger partial charge in [-0.25, -0.2) is 0 Å². The molecule has 1 atom stereocenters. The standard InChI is InChI=1S/C19H24N2O3/c1-2-23-12-13-24-18-11-7-6-10-16(18)19(22)21-14-17(20)15-8-4-3-5-9-15/h3-11,17H,2,12-14,20H2,1H3,(H,21,22). The van der Waals surface area contributed by atoms with Crippen molar-refractivity contribution in [3.63, 3.8) is 0 Å². The number of rotatable bonds is 9. The van der Waals surface area contributed by atoms with Gasteiger partial charge < -0.3 is 20.5 Å². The fraction of sp³-hybridized carbons (Fsp3) is 0.316. The van der Waals surface area contributed by atoms with Gasteiger partial charge in [0.05, 0.1) is 12.2 Å². The summed E-state index contributed by atoms with van der Waals surface area (Å²) in [5.74, 6) is 0.344. The van der Waals surface area contributed by atoms with Crippen LogP contribution in [0, 0.1) is 0 Å². The minimum absolute atomic E-state index is 0.201. The number of hydrogen-bond acceptors (Lipinski definition) is 4. The number of carbonyl (C=O) groups excluding carboxylic acids is 1. The van der Waals surface area contributed by atoms with E-state index in [0.717, 1.165) is 5.56 Å². The molecule has 0 spiro atoms. The van der Waals surface area contributed by atoms with E-state index in [1.165, 1.54) is 0 Å². The molecule has 0 aliphatic carbocycles. The van der Waals surface area contributed by atoms with Gasteiger partial charge in [-0.05, 0) is 24.6 Å². The van der Waals surface area contributed by atoms with Gasteiger partial charge in [-0.3, -0.25) is 4.79 Å². The van der Waals surface area contributed by atoms with Crippen LogP contribution >= 0.6 is 0 Å². The van der Waals surface area contributed by atoms with Crippen molar-refractivity contribution < 1.29 is 14.3 Å². The molecule has 1 unspecified atom stereocenters. The van der Waals surface area contributed by atoms with Gasteiger partial charge in [0.15, 0.2) is 0 Å². The number of carbonyl (C=O) groups is 1. The fourth-order valence-corrected chi connectivity index (χ4v) is 2.25. The first-order valence-electron chi connectivity index (χ1n) is 8.10. The molecule has 2 aromatic carbocycles. The summed E-state index contributed by atoms with van der Waals surface area (Å²) in [5, 5.41) is 2.86. The Balaban J connectivity index is 1.92. The Kier molecular flexibility index (Phi) is 7.26. The topological polar surface area (TPSA) is 73.6 Å². The zero-order valence-electron chi connectivity index (χ0n) is 13.9. The first-order chi connectivity index (χ1) is 11.7. The summed E-state index contributed by atoms with van der Waals surface area (Å²) in [6.07, 6.45) is 0. The summed E-state index contributed by atoms with van der Waals surface area (Å²) in [6, 6.07) is 16.6. The quantitative estimate of drug-likeness (QED) is 0.694. The maximum Gasteiger partial charge on any atom is 0.255 e. The molecule has 0 radical (unpaired) electrons. The number of hydrogen-bond donors (Lipinski definition) is 2. The minimum Gasteiger partial charge on any atom is -0.490 e. The molecule has 0 aliphatic heterocycles. The third-order valence-electron chi connectivity index (χ3n) is 3.53. The molecule has 2 aromatic rings. The number of para-hydroxylation sites is 1. The molecule has 5 nitrogen and oxygen atoms in total. The van der Waals surface area contributed by atoms with E-state index < -0.39 is 0 Å². The second-order valence-electron chi connectivity index (χ2n) is 5.27. The number of benzene rings is 2. The number of ether oxygens (including phenoxy) is 2. The van der Waals surface area contributed by atoms with Gasteiger partial charge in [0.25, 0.3) is 5.91 Å². The Morgan fingerprint density at radius 1 is 1.08 bits per heavy atom. The van der Waals surface area contributed by atoms with Crippen molar-refractivity contribution in [1.82, 2.24) is 5.32 Å². The highest BCUT2D eigenvalue weighted by Gasteiger charge is 2.13. The van der Waals surface area contributed by atoms with Crippen LogP contribution in [0.3, 0.4) is 0 Å². The molecule has 0 aliphatic rings. The van der Waals surface area contributed by atoms with E-state index >= 15 is 0 Å². The van der Waals surface area contributed by atoms with Crippen LogP contribution in [0.25, 0.3) is 0 Å². The van der Waals surface area contributed by atoms with E-state index in [4.69, 9.17) is 15.2 Å². The van der Waals surface area contributed by atoms with Gasteiger partial charge in [-0.2, -0.15) is 0 Å². The Morgan fingerprint density at radius 3 is 2.54 bits per heavy atom. The zero-order chi connectivity index (χ0) is 17.2. The minimum atomic E-state index is -0.249. The molecular formula is C19H24N2O3. The van der Waals surface area contributed by atoms with E-state index in [9.17, 15) is 4.79 Å². The third kappa shape index (κ3) is 5.37. The highest BCUT2D eigenvalue weighted by Crippen LogP contribution is 2.18. The van der Waals surface area contributed by atoms with Crippen molar-refractivity contribution in [2.24, 2.45) is 5.73 Å². The van der Waals surface area contributed by atoms with Gasteiger partial charge in [0.1, 0.15) is 12.4 Å². The molecule has 0 saturated heterocycles. The molecular weight excluding hydrogens is 304 g/mol. The third-order valence-corrected chi connectivity index (χ3v) is 3.53. The zero-order valence-corrected chi connectivity index (χ0v) is 13.9. The normalized spacial score (nSPS) is 11.8. The van der Waals surface area contributed by atoms with E-state index in [1.54, 1.807) is 18.2 Å². The Morgan fingerprint density at radius 2 is 1.79 bits per heavy atom. The lowest BCUT2D eigenvalue weighted by atomic mass is 10.1. The monoisotopic (exact) mass is 328 g/mol. The molecule has 1 amide bonds. The predicted molar refractivity (Wildman–Crippen MR) is 94.1 cm³/mol. The van der Waals surface area contributed by atoms with Crippen LogP contribution in [0.2, 0.25) is 0 Å². The second-order valence-corrected chi connectivity index (χ2v) is 5.27. The van der Waals surface area contributed by atoms with Crippen LogP contribution in [0.5, 0.6) is 5.75 Å². The van der Waals surface area contributed by atoms with Crippen molar-refractivity contribution in [2.75, 3.05) is 26.4 Å². The van der Waals surface area contributed by atoms with Gasteiger partial charge in [-0.1, -0.05) is 42.5 Å². The van der Waals surface area contributed by atoms with Gasteiger partial charge in [0, 0.05) is 19.2 Å². The first-order valence-corrected chi connectivity index (χ1v) is 8.10. The molecule has 24 heavy (non-hydrogen) atoms. The Hall–Kier alpha value is -2.37. The van der Waals surface area contributed by atoms with Crippen LogP contribution in [0.15, 0.2) is 54.6 Å². The van der Waals surface area contributed by atoms with Crippen molar-refractivity contribution >= 4 is 5.91 Å². The predicted octanol–water partition coefficient (Wildman–Crippen LogP) is 2.53. The summed E-state index contributed by atoms with van der Waals surface area (Å²) in [4.78, 5) is 12.4. The number of nitrogens with one attached hydrogen (secondary N) is 1. The van der Waals surface area contributed by atoms with Crippen molar-refractivity contribution in [2.45, 2.75) is 13.0 Å². The summed E-state index contributed by atoms with van der Waals surface area (Å²) in [7, 11) is 0. The SMILES string of the molecule is CCOCCOc1ccccc1C(=O)NCC(N)c1ccccc1. The molecule has 0 bridgehead atoms. The average Bonchev–Trinajstić information content (AvgIpc) is 2.64. The van der Waals surface area contributed by atoms with Crippen molar-refractivity contribution in [1.29, 1.82) is 0 Å². The molecule has 3 N–H and O–H groups in total. The summed E-state index contributed by atoms with van der Waals surface area (Å²) in [5.41, 5.74) is 7.59. The lowest BCUT2D eigenvalue weighted by molar-refractivity contribution is 0.0934. The maximum absolute atomic E-state index is 12.4. The van der Waals surface area contributed by atoms with Gasteiger partial charge in [-0.15, -0.1) is 0 Å². The van der Waals surface area contributed by atoms with Crippen molar-refractivity contribution in [3.8, 4) is 5.75 Å². The van der Waals surface area contributed by atoms with Crippen LogP contribution < -0.4 is 15.8 Å². The van der Waals surface area contributed by atoms with Crippen LogP contribution in [-0.2, 0) is 4.74 Å². The molecule has 0 fully saturated rings. The molecule has 5 heteroatoms. The molecule has 0 aromatic heterocycles. The highest BCUT2D eigenvalue weighted by molar-refractivity contribution is 5.96. The van der Waals surface area contributed by atoms with E-state index in [-0.39, 0.29) is 11.9 Å². The van der Waals surface area contributed by atoms with Gasteiger partial charge >= 0.3 is 0 Å². The maximum atomic E-state index is 12.4. The summed E-state index contributed by atoms with van der Waals surface area (Å²) in [6.45, 7) is 3.82. The lowest BCUT2D eigenvalue weighted by Gasteiger charge is -2.15. The molecule has 0 saturated carbocycles. The Bertz CT molecular complexity index is 632. The van der Waals surface area contributed by atoms with Crippen LogP contribution in [-0.4, -0.2) is 32.3 Å². The first kappa shape index (κ1) is 18.0. The summed E-state index contributed by atoms with van der Waals surface area (Å²) < 4.78 is 10.9. The van der Waals surface area contributed by atoms with Crippen LogP contribution in [0.1, 0.15) is 28.9 Å². The molecule has 0 heterocycles. The smallest absolute Gasteiger partial charge is 0.255 e. The van der Waals surface area contributed by atoms with Crippen LogP contribution in [0.4, 0.5) is 0 Å². The fourth-order valence-electron chi connectivity index (χ4n) is 2.25. The number of amides is 1. The van der Waals surface area contributed by atoms with E-state index in [0.29, 0.717) is 37.7 Å². The summed E-state index contributed by atoms with van der Waals surface area (Å²) >= 11 is 0. The number of nitrogens with two attached hydrogens (primary N) is 1. The van der Waals surface area contributed by atoms with Gasteiger partial charge in [0.2, 0.25) is 0 Å². The molecule has 2 rings (SSSR count). The van der Waals surface area contributed by atoms with E-state index in [1.807, 2.05) is 43.3 Å². The lowest BCUT2D eigenvalue weighted by Crippen LogP contribution is -2.32. The largest absolute Gasteiger partial charge is 0.490 e.